The molecule has 2 aromatic heterocycles. The summed E-state index contributed by atoms with van der Waals surface area (Å²) in [7, 11) is 0. The quantitative estimate of drug-likeness (QED) is 0.275. The smallest absolute Gasteiger partial charge is 0.331 e. The minimum Gasteiger partial charge on any atom is -0.490 e. The van der Waals surface area contributed by atoms with Gasteiger partial charge in [-0.1, -0.05) is 19.4 Å². The second kappa shape index (κ2) is 10.6. The Balaban J connectivity index is 1.61. The van der Waals surface area contributed by atoms with Crippen LogP contribution in [0.15, 0.2) is 46.7 Å². The molecule has 3 aromatic rings. The fourth-order valence-corrected chi connectivity index (χ4v) is 3.40. The molecule has 2 heterocycles. The van der Waals surface area contributed by atoms with Crippen LogP contribution in [0.4, 0.5) is 0 Å². The third-order valence-corrected chi connectivity index (χ3v) is 4.91. The van der Waals surface area contributed by atoms with Crippen molar-refractivity contribution in [1.29, 1.82) is 0 Å². The zero-order valence-electron chi connectivity index (χ0n) is 17.0. The fraction of sp³-hybridized carbons (Fsp3) is 0.318. The number of carbonyl (C=O) groups is 1. The van der Waals surface area contributed by atoms with Gasteiger partial charge in [0.2, 0.25) is 0 Å². The predicted octanol–water partition coefficient (Wildman–Crippen LogP) is 4.09. The summed E-state index contributed by atoms with van der Waals surface area (Å²) in [6.45, 7) is 5.09. The highest BCUT2D eigenvalue weighted by molar-refractivity contribution is 7.15. The van der Waals surface area contributed by atoms with Gasteiger partial charge in [-0.25, -0.2) is 9.78 Å². The van der Waals surface area contributed by atoms with Crippen LogP contribution in [0.5, 0.6) is 11.5 Å². The maximum absolute atomic E-state index is 12.1. The molecule has 8 heteroatoms. The summed E-state index contributed by atoms with van der Waals surface area (Å²) in [5.74, 6) is 0.800. The maximum atomic E-state index is 12.1. The number of carbonyl (C=O) groups excluding carboxylic acids is 1. The average Bonchev–Trinajstić information content (AvgIpc) is 3.22. The third-order valence-electron chi connectivity index (χ3n) is 4.15. The number of esters is 1. The predicted molar refractivity (Wildman–Crippen MR) is 116 cm³/mol. The van der Waals surface area contributed by atoms with Gasteiger partial charge in [-0.15, -0.1) is 11.3 Å². The number of aromatic nitrogens is 2. The Labute approximate surface area is 178 Å². The van der Waals surface area contributed by atoms with Gasteiger partial charge < -0.3 is 14.2 Å². The molecule has 0 spiro atoms. The van der Waals surface area contributed by atoms with E-state index in [1.54, 1.807) is 17.7 Å². The number of ether oxygens (including phenoxy) is 3. The molecule has 0 fully saturated rings. The lowest BCUT2D eigenvalue weighted by atomic mass is 10.2. The van der Waals surface area contributed by atoms with E-state index in [4.69, 9.17) is 14.2 Å². The molecule has 0 aliphatic rings. The molecule has 0 unspecified atom stereocenters. The molecule has 0 atom stereocenters. The Kier molecular flexibility index (Phi) is 7.62. The van der Waals surface area contributed by atoms with Gasteiger partial charge in [-0.05, 0) is 37.1 Å². The van der Waals surface area contributed by atoms with Gasteiger partial charge in [0.1, 0.15) is 6.61 Å². The molecule has 0 saturated heterocycles. The van der Waals surface area contributed by atoms with E-state index in [-0.39, 0.29) is 12.2 Å². The summed E-state index contributed by atoms with van der Waals surface area (Å²) < 4.78 is 18.1. The molecule has 0 amide bonds. The molecule has 7 nitrogen and oxygen atoms in total. The number of hydrogen-bond acceptors (Lipinski definition) is 7. The SMILES string of the molecule is CCCCOc1ccc(C=CC(=O)OCc2cc(=O)n3ccsc3n2)cc1OCC. The second-order valence-electron chi connectivity index (χ2n) is 6.42. The lowest BCUT2D eigenvalue weighted by Crippen LogP contribution is -2.14. The Bertz CT molecular complexity index is 1090. The summed E-state index contributed by atoms with van der Waals surface area (Å²) in [4.78, 5) is 28.9. The molecule has 30 heavy (non-hydrogen) atoms. The van der Waals surface area contributed by atoms with E-state index in [9.17, 15) is 9.59 Å². The summed E-state index contributed by atoms with van der Waals surface area (Å²) in [5.41, 5.74) is 0.999. The molecule has 1 aromatic carbocycles. The van der Waals surface area contributed by atoms with E-state index in [0.717, 1.165) is 18.4 Å². The normalized spacial score (nSPS) is 11.1. The van der Waals surface area contributed by atoms with Gasteiger partial charge in [-0.3, -0.25) is 9.20 Å². The second-order valence-corrected chi connectivity index (χ2v) is 7.30. The Morgan fingerprint density at radius 3 is 2.87 bits per heavy atom. The molecule has 158 valence electrons. The lowest BCUT2D eigenvalue weighted by molar-refractivity contribution is -0.139. The van der Waals surface area contributed by atoms with Crippen LogP contribution in [-0.4, -0.2) is 28.6 Å². The van der Waals surface area contributed by atoms with Crippen molar-refractivity contribution >= 4 is 28.3 Å². The summed E-state index contributed by atoms with van der Waals surface area (Å²) in [6, 6.07) is 6.87. The number of fused-ring (bicyclic) bond motifs is 1. The number of thiazole rings is 1. The highest BCUT2D eigenvalue weighted by Gasteiger charge is 2.07. The van der Waals surface area contributed by atoms with Crippen LogP contribution in [0.25, 0.3) is 11.0 Å². The Morgan fingerprint density at radius 2 is 2.07 bits per heavy atom. The highest BCUT2D eigenvalue weighted by atomic mass is 32.1. The van der Waals surface area contributed by atoms with Crippen molar-refractivity contribution in [2.24, 2.45) is 0 Å². The number of rotatable bonds is 10. The molecular formula is C22H24N2O5S. The lowest BCUT2D eigenvalue weighted by Gasteiger charge is -2.12. The number of hydrogen-bond donors (Lipinski definition) is 0. The molecule has 0 aliphatic heterocycles. The van der Waals surface area contributed by atoms with Crippen LogP contribution >= 0.6 is 11.3 Å². The van der Waals surface area contributed by atoms with E-state index in [2.05, 4.69) is 11.9 Å². The Hall–Kier alpha value is -3.13. The monoisotopic (exact) mass is 428 g/mol. The van der Waals surface area contributed by atoms with E-state index in [1.165, 1.54) is 27.9 Å². The van der Waals surface area contributed by atoms with Crippen LogP contribution < -0.4 is 15.0 Å². The molecular weight excluding hydrogens is 404 g/mol. The first-order valence-electron chi connectivity index (χ1n) is 9.81. The van der Waals surface area contributed by atoms with Crippen LogP contribution in [0.2, 0.25) is 0 Å². The van der Waals surface area contributed by atoms with Gasteiger partial charge in [0.25, 0.3) is 5.56 Å². The summed E-state index contributed by atoms with van der Waals surface area (Å²) in [5, 5.41) is 1.78. The van der Waals surface area contributed by atoms with Crippen molar-refractivity contribution in [3.05, 3.63) is 63.5 Å². The maximum Gasteiger partial charge on any atom is 0.331 e. The molecule has 0 saturated carbocycles. The van der Waals surface area contributed by atoms with Gasteiger partial charge in [0.05, 0.1) is 18.9 Å². The topological polar surface area (TPSA) is 79.1 Å². The number of nitrogens with zero attached hydrogens (tertiary/aromatic N) is 2. The molecule has 0 N–H and O–H groups in total. The average molecular weight is 429 g/mol. The van der Waals surface area contributed by atoms with E-state index < -0.39 is 5.97 Å². The number of benzene rings is 1. The van der Waals surface area contributed by atoms with E-state index in [0.29, 0.717) is 35.4 Å². The fourth-order valence-electron chi connectivity index (χ4n) is 2.66. The first-order valence-corrected chi connectivity index (χ1v) is 10.7. The van der Waals surface area contributed by atoms with Crippen LogP contribution in [0.1, 0.15) is 37.9 Å². The van der Waals surface area contributed by atoms with Gasteiger partial charge >= 0.3 is 5.97 Å². The van der Waals surface area contributed by atoms with Crippen molar-refractivity contribution in [2.75, 3.05) is 13.2 Å². The van der Waals surface area contributed by atoms with Gasteiger partial charge in [-0.2, -0.15) is 0 Å². The molecule has 3 rings (SSSR count). The standard InChI is InChI=1S/C22H24N2O5S/c1-3-5-11-28-18-8-6-16(13-19(18)27-4-2)7-9-21(26)29-15-17-14-20(25)24-10-12-30-22(24)23-17/h6-10,12-14H,3-5,11,15H2,1-2H3. The van der Waals surface area contributed by atoms with Crippen molar-refractivity contribution in [1.82, 2.24) is 9.38 Å². The van der Waals surface area contributed by atoms with Gasteiger partial charge in [0, 0.05) is 23.7 Å². The van der Waals surface area contributed by atoms with Crippen LogP contribution in [0.3, 0.4) is 0 Å². The van der Waals surface area contributed by atoms with E-state index in [1.807, 2.05) is 25.1 Å². The molecule has 0 aliphatic carbocycles. The third kappa shape index (κ3) is 5.70. The van der Waals surface area contributed by atoms with Crippen molar-refractivity contribution in [3.63, 3.8) is 0 Å². The van der Waals surface area contributed by atoms with Crippen molar-refractivity contribution in [2.45, 2.75) is 33.3 Å². The minimum atomic E-state index is -0.524. The minimum absolute atomic E-state index is 0.0682. The van der Waals surface area contributed by atoms with Crippen LogP contribution in [-0.2, 0) is 16.1 Å². The van der Waals surface area contributed by atoms with Crippen molar-refractivity contribution < 1.29 is 19.0 Å². The zero-order chi connectivity index (χ0) is 21.3. The Morgan fingerprint density at radius 1 is 1.20 bits per heavy atom. The first-order chi connectivity index (χ1) is 14.6. The summed E-state index contributed by atoms with van der Waals surface area (Å²) >= 11 is 1.35. The zero-order valence-corrected chi connectivity index (χ0v) is 17.8. The first kappa shape index (κ1) is 21.6. The molecule has 0 radical (unpaired) electrons. The molecule has 0 bridgehead atoms. The van der Waals surface area contributed by atoms with Crippen LogP contribution in [0, 0.1) is 0 Å². The highest BCUT2D eigenvalue weighted by Crippen LogP contribution is 2.29. The van der Waals surface area contributed by atoms with E-state index >= 15 is 0 Å². The number of unbranched alkanes of at least 4 members (excludes halogenated alkanes) is 1. The summed E-state index contributed by atoms with van der Waals surface area (Å²) in [6.07, 6.45) is 6.66. The largest absolute Gasteiger partial charge is 0.490 e. The van der Waals surface area contributed by atoms with Gasteiger partial charge in [0.15, 0.2) is 16.5 Å². The van der Waals surface area contributed by atoms with Crippen molar-refractivity contribution in [3.8, 4) is 11.5 Å².